The minimum atomic E-state index is -0.852. The molecule has 1 aromatic carbocycles. The van der Waals surface area contributed by atoms with Gasteiger partial charge in [0.25, 0.3) is 5.91 Å². The first kappa shape index (κ1) is 18.3. The Morgan fingerprint density at radius 2 is 1.88 bits per heavy atom. The van der Waals surface area contributed by atoms with E-state index in [0.717, 1.165) is 12.1 Å². The van der Waals surface area contributed by atoms with Crippen molar-refractivity contribution in [1.82, 2.24) is 10.6 Å². The summed E-state index contributed by atoms with van der Waals surface area (Å²) in [7, 11) is 0. The first-order valence-electron chi connectivity index (χ1n) is 8.68. The average Bonchev–Trinajstić information content (AvgIpc) is 3.12. The van der Waals surface area contributed by atoms with Gasteiger partial charge >= 0.3 is 0 Å². The standard InChI is InChI=1S/C18H27N3O3/c22-13-12-19-18(24)17(20-15-8-2-1-3-9-15)21-16(23)11-10-14-6-4-5-7-14/h1-3,8-9,14,17,20,22H,4-7,10-13H2,(H,19,24)(H,21,23). The zero-order chi connectivity index (χ0) is 17.2. The van der Waals surface area contributed by atoms with Crippen molar-refractivity contribution >= 4 is 17.5 Å². The molecule has 6 nitrogen and oxygen atoms in total. The van der Waals surface area contributed by atoms with Crippen molar-refractivity contribution in [2.75, 3.05) is 18.5 Å². The van der Waals surface area contributed by atoms with Gasteiger partial charge in [0, 0.05) is 18.7 Å². The van der Waals surface area contributed by atoms with Gasteiger partial charge in [0.15, 0.2) is 6.17 Å². The molecule has 0 radical (unpaired) electrons. The topological polar surface area (TPSA) is 90.5 Å². The lowest BCUT2D eigenvalue weighted by Gasteiger charge is -2.21. The molecule has 24 heavy (non-hydrogen) atoms. The highest BCUT2D eigenvalue weighted by molar-refractivity contribution is 5.89. The molecule has 0 bridgehead atoms. The zero-order valence-corrected chi connectivity index (χ0v) is 14.0. The van der Waals surface area contributed by atoms with E-state index < -0.39 is 6.17 Å². The quantitative estimate of drug-likeness (QED) is 0.517. The van der Waals surface area contributed by atoms with Crippen molar-refractivity contribution in [3.63, 3.8) is 0 Å². The van der Waals surface area contributed by atoms with Gasteiger partial charge in [-0.15, -0.1) is 0 Å². The lowest BCUT2D eigenvalue weighted by atomic mass is 10.0. The van der Waals surface area contributed by atoms with Crippen LogP contribution in [0.4, 0.5) is 5.69 Å². The number of para-hydroxylation sites is 1. The summed E-state index contributed by atoms with van der Waals surface area (Å²) in [6.45, 7) is 0.0170. The Hall–Kier alpha value is -2.08. The number of carbonyl (C=O) groups is 2. The van der Waals surface area contributed by atoms with E-state index in [0.29, 0.717) is 12.3 Å². The van der Waals surface area contributed by atoms with Gasteiger partial charge in [0.1, 0.15) is 0 Å². The Bertz CT molecular complexity index is 516. The molecule has 1 fully saturated rings. The molecule has 1 atom stereocenters. The van der Waals surface area contributed by atoms with E-state index in [-0.39, 0.29) is 25.0 Å². The third-order valence-electron chi connectivity index (χ3n) is 4.32. The number of hydrogen-bond donors (Lipinski definition) is 4. The minimum Gasteiger partial charge on any atom is -0.395 e. The van der Waals surface area contributed by atoms with Gasteiger partial charge in [-0.1, -0.05) is 43.9 Å². The summed E-state index contributed by atoms with van der Waals surface area (Å²) in [5.41, 5.74) is 0.748. The normalized spacial score (nSPS) is 15.7. The van der Waals surface area contributed by atoms with Crippen LogP contribution in [-0.2, 0) is 9.59 Å². The first-order chi connectivity index (χ1) is 11.7. The molecule has 1 aliphatic carbocycles. The Morgan fingerprint density at radius 1 is 1.17 bits per heavy atom. The summed E-state index contributed by atoms with van der Waals surface area (Å²) in [6, 6.07) is 9.25. The number of rotatable bonds is 9. The molecule has 0 spiro atoms. The van der Waals surface area contributed by atoms with Gasteiger partial charge in [-0.3, -0.25) is 9.59 Å². The van der Waals surface area contributed by atoms with Crippen LogP contribution in [0, 0.1) is 5.92 Å². The van der Waals surface area contributed by atoms with Crippen LogP contribution in [0.2, 0.25) is 0 Å². The number of benzene rings is 1. The van der Waals surface area contributed by atoms with Crippen molar-refractivity contribution in [3.05, 3.63) is 30.3 Å². The van der Waals surface area contributed by atoms with Crippen molar-refractivity contribution in [3.8, 4) is 0 Å². The third-order valence-corrected chi connectivity index (χ3v) is 4.32. The van der Waals surface area contributed by atoms with Gasteiger partial charge < -0.3 is 21.1 Å². The van der Waals surface area contributed by atoms with E-state index in [1.165, 1.54) is 25.7 Å². The van der Waals surface area contributed by atoms with Crippen molar-refractivity contribution < 1.29 is 14.7 Å². The Morgan fingerprint density at radius 3 is 2.54 bits per heavy atom. The van der Waals surface area contributed by atoms with Crippen LogP contribution >= 0.6 is 0 Å². The Balaban J connectivity index is 1.88. The highest BCUT2D eigenvalue weighted by Crippen LogP contribution is 2.28. The Kier molecular flexibility index (Phi) is 7.55. The summed E-state index contributed by atoms with van der Waals surface area (Å²) >= 11 is 0. The fourth-order valence-electron chi connectivity index (χ4n) is 3.02. The summed E-state index contributed by atoms with van der Waals surface area (Å²) in [5, 5.41) is 17.2. The van der Waals surface area contributed by atoms with E-state index in [1.54, 1.807) is 0 Å². The predicted molar refractivity (Wildman–Crippen MR) is 93.3 cm³/mol. The molecule has 2 rings (SSSR count). The van der Waals surface area contributed by atoms with Crippen LogP contribution in [0.5, 0.6) is 0 Å². The summed E-state index contributed by atoms with van der Waals surface area (Å²) < 4.78 is 0. The molecule has 0 aromatic heterocycles. The van der Waals surface area contributed by atoms with Crippen LogP contribution < -0.4 is 16.0 Å². The van der Waals surface area contributed by atoms with Crippen molar-refractivity contribution in [1.29, 1.82) is 0 Å². The minimum absolute atomic E-state index is 0.130. The SMILES string of the molecule is O=C(CCC1CCCC1)NC(Nc1ccccc1)C(=O)NCCO. The second kappa shape index (κ2) is 9.93. The maximum atomic E-state index is 12.2. The highest BCUT2D eigenvalue weighted by Gasteiger charge is 2.21. The molecule has 1 aromatic rings. The first-order valence-corrected chi connectivity index (χ1v) is 8.68. The average molecular weight is 333 g/mol. The van der Waals surface area contributed by atoms with Gasteiger partial charge in [-0.25, -0.2) is 0 Å². The van der Waals surface area contributed by atoms with Crippen LogP contribution in [0.1, 0.15) is 38.5 Å². The molecule has 4 N–H and O–H groups in total. The summed E-state index contributed by atoms with van der Waals surface area (Å²) in [4.78, 5) is 24.4. The predicted octanol–water partition coefficient (Wildman–Crippen LogP) is 1.62. The number of hydrogen-bond acceptors (Lipinski definition) is 4. The Labute approximate surface area is 143 Å². The van der Waals surface area contributed by atoms with Gasteiger partial charge in [-0.2, -0.15) is 0 Å². The van der Waals surface area contributed by atoms with E-state index in [1.807, 2.05) is 30.3 Å². The summed E-state index contributed by atoms with van der Waals surface area (Å²) in [5.74, 6) is 0.149. The fraction of sp³-hybridized carbons (Fsp3) is 0.556. The molecular weight excluding hydrogens is 306 g/mol. The maximum Gasteiger partial charge on any atom is 0.263 e. The molecule has 132 valence electrons. The van der Waals surface area contributed by atoms with E-state index in [2.05, 4.69) is 16.0 Å². The molecule has 0 saturated heterocycles. The van der Waals surface area contributed by atoms with E-state index in [9.17, 15) is 9.59 Å². The van der Waals surface area contributed by atoms with Gasteiger partial charge in [0.2, 0.25) is 5.91 Å². The third kappa shape index (κ3) is 6.20. The summed E-state index contributed by atoms with van der Waals surface area (Å²) in [6.07, 6.45) is 5.39. The number of aliphatic hydroxyl groups is 1. The number of amides is 2. The largest absolute Gasteiger partial charge is 0.395 e. The van der Waals surface area contributed by atoms with Crippen LogP contribution in [-0.4, -0.2) is 36.2 Å². The molecular formula is C18H27N3O3. The second-order valence-corrected chi connectivity index (χ2v) is 6.21. The van der Waals surface area contributed by atoms with Crippen LogP contribution in [0.3, 0.4) is 0 Å². The highest BCUT2D eigenvalue weighted by atomic mass is 16.3. The van der Waals surface area contributed by atoms with Gasteiger partial charge in [-0.05, 0) is 24.5 Å². The molecule has 1 saturated carbocycles. The van der Waals surface area contributed by atoms with Crippen molar-refractivity contribution in [2.24, 2.45) is 5.92 Å². The second-order valence-electron chi connectivity index (χ2n) is 6.21. The molecule has 2 amide bonds. The maximum absolute atomic E-state index is 12.2. The monoisotopic (exact) mass is 333 g/mol. The zero-order valence-electron chi connectivity index (χ0n) is 14.0. The lowest BCUT2D eigenvalue weighted by Crippen LogP contribution is -2.51. The molecule has 1 unspecified atom stereocenters. The van der Waals surface area contributed by atoms with Gasteiger partial charge in [0.05, 0.1) is 6.61 Å². The van der Waals surface area contributed by atoms with Crippen LogP contribution in [0.25, 0.3) is 0 Å². The number of carbonyl (C=O) groups excluding carboxylic acids is 2. The number of anilines is 1. The molecule has 0 aliphatic heterocycles. The number of aliphatic hydroxyl groups excluding tert-OH is 1. The molecule has 1 aliphatic rings. The molecule has 0 heterocycles. The molecule has 6 heteroatoms. The van der Waals surface area contributed by atoms with Crippen molar-refractivity contribution in [2.45, 2.75) is 44.7 Å². The smallest absolute Gasteiger partial charge is 0.263 e. The number of nitrogens with one attached hydrogen (secondary N) is 3. The van der Waals surface area contributed by atoms with E-state index >= 15 is 0 Å². The van der Waals surface area contributed by atoms with E-state index in [4.69, 9.17) is 5.11 Å². The fourth-order valence-corrected chi connectivity index (χ4v) is 3.02. The van der Waals surface area contributed by atoms with Crippen LogP contribution in [0.15, 0.2) is 30.3 Å². The lowest BCUT2D eigenvalue weighted by molar-refractivity contribution is -0.128.